The summed E-state index contributed by atoms with van der Waals surface area (Å²) in [5, 5.41) is 11.0. The molecule has 0 saturated carbocycles. The van der Waals surface area contributed by atoms with Gasteiger partial charge >= 0.3 is 0 Å². The minimum Gasteiger partial charge on any atom is -0.386 e. The largest absolute Gasteiger partial charge is 0.386 e. The summed E-state index contributed by atoms with van der Waals surface area (Å²) in [5.74, 6) is -0.509. The first-order valence-corrected chi connectivity index (χ1v) is 6.38. The van der Waals surface area contributed by atoms with Crippen molar-refractivity contribution in [1.29, 1.82) is 0 Å². The van der Waals surface area contributed by atoms with E-state index in [4.69, 9.17) is 28.9 Å². The Morgan fingerprint density at radius 2 is 1.58 bits per heavy atom. The molecule has 0 fully saturated rings. The minimum atomic E-state index is -1.05. The smallest absolute Gasteiger partial charge is 0.125 e. The predicted octanol–water partition coefficient (Wildman–Crippen LogP) is 3.87. The zero-order chi connectivity index (χ0) is 14.0. The third kappa shape index (κ3) is 3.45. The van der Waals surface area contributed by atoms with Crippen molar-refractivity contribution in [2.24, 2.45) is 5.73 Å². The average Bonchev–Trinajstić information content (AvgIpc) is 2.37. The fourth-order valence-electron chi connectivity index (χ4n) is 1.82. The van der Waals surface area contributed by atoms with E-state index in [1.54, 1.807) is 24.3 Å². The van der Waals surface area contributed by atoms with Gasteiger partial charge in [-0.05, 0) is 41.5 Å². The molecule has 2 aromatic carbocycles. The van der Waals surface area contributed by atoms with Gasteiger partial charge in [0.25, 0.3) is 0 Å². The summed E-state index contributed by atoms with van der Waals surface area (Å²) in [6.07, 6.45) is -1.05. The lowest BCUT2D eigenvalue weighted by Crippen LogP contribution is -2.19. The molecule has 3 N–H and O–H groups in total. The number of halogens is 3. The Morgan fingerprint density at radius 1 is 0.947 bits per heavy atom. The Bertz CT molecular complexity index is 554. The van der Waals surface area contributed by atoms with Crippen LogP contribution in [0.5, 0.6) is 0 Å². The molecule has 0 heterocycles. The maximum atomic E-state index is 13.3. The second-order valence-electron chi connectivity index (χ2n) is 4.22. The summed E-state index contributed by atoms with van der Waals surface area (Å²) >= 11 is 11.5. The molecular weight excluding hydrogens is 288 g/mol. The van der Waals surface area contributed by atoms with Crippen molar-refractivity contribution in [1.82, 2.24) is 0 Å². The Kier molecular flexibility index (Phi) is 4.42. The Morgan fingerprint density at radius 3 is 2.16 bits per heavy atom. The van der Waals surface area contributed by atoms with Gasteiger partial charge in [-0.3, -0.25) is 0 Å². The van der Waals surface area contributed by atoms with E-state index in [9.17, 15) is 9.50 Å². The van der Waals surface area contributed by atoms with E-state index in [1.165, 1.54) is 18.2 Å². The van der Waals surface area contributed by atoms with Gasteiger partial charge in [0.1, 0.15) is 5.82 Å². The highest BCUT2D eigenvalue weighted by molar-refractivity contribution is 6.30. The van der Waals surface area contributed by atoms with Gasteiger partial charge in [0.2, 0.25) is 0 Å². The van der Waals surface area contributed by atoms with Crippen LogP contribution in [0, 0.1) is 5.82 Å². The maximum Gasteiger partial charge on any atom is 0.125 e. The summed E-state index contributed by atoms with van der Waals surface area (Å²) in [7, 11) is 0. The standard InChI is InChI=1S/C14H12Cl2FNO/c15-10-3-1-8(2-4-10)13(18)14(19)9-5-11(16)7-12(17)6-9/h1-7,13-14,19H,18H2/t13-,14-/m1/s1. The molecule has 2 rings (SSSR count). The van der Waals surface area contributed by atoms with Crippen molar-refractivity contribution in [2.75, 3.05) is 0 Å². The van der Waals surface area contributed by atoms with Gasteiger partial charge in [-0.1, -0.05) is 35.3 Å². The molecule has 100 valence electrons. The van der Waals surface area contributed by atoms with Crippen molar-refractivity contribution in [3.05, 3.63) is 69.5 Å². The van der Waals surface area contributed by atoms with Crippen LogP contribution in [0.2, 0.25) is 10.0 Å². The molecule has 0 spiro atoms. The van der Waals surface area contributed by atoms with Crippen LogP contribution in [0.15, 0.2) is 42.5 Å². The number of aliphatic hydroxyl groups is 1. The Hall–Kier alpha value is -1.13. The van der Waals surface area contributed by atoms with Crippen molar-refractivity contribution in [3.8, 4) is 0 Å². The van der Waals surface area contributed by atoms with Crippen molar-refractivity contribution >= 4 is 23.2 Å². The molecule has 0 aliphatic heterocycles. The van der Waals surface area contributed by atoms with Crippen molar-refractivity contribution in [2.45, 2.75) is 12.1 Å². The molecule has 0 unspecified atom stereocenters. The van der Waals surface area contributed by atoms with Gasteiger partial charge in [0.15, 0.2) is 0 Å². The van der Waals surface area contributed by atoms with Crippen LogP contribution < -0.4 is 5.73 Å². The van der Waals surface area contributed by atoms with Crippen molar-refractivity contribution < 1.29 is 9.50 Å². The number of aliphatic hydroxyl groups excluding tert-OH is 1. The summed E-state index contributed by atoms with van der Waals surface area (Å²) in [6.45, 7) is 0. The first kappa shape index (κ1) is 14.3. The Labute approximate surface area is 120 Å². The zero-order valence-corrected chi connectivity index (χ0v) is 11.4. The second-order valence-corrected chi connectivity index (χ2v) is 5.10. The fourth-order valence-corrected chi connectivity index (χ4v) is 2.18. The molecule has 19 heavy (non-hydrogen) atoms. The topological polar surface area (TPSA) is 46.2 Å². The van der Waals surface area contributed by atoms with Crippen LogP contribution in [0.4, 0.5) is 4.39 Å². The van der Waals surface area contributed by atoms with Gasteiger partial charge in [0.05, 0.1) is 12.1 Å². The quantitative estimate of drug-likeness (QED) is 0.904. The summed E-state index contributed by atoms with van der Waals surface area (Å²) in [4.78, 5) is 0. The van der Waals surface area contributed by atoms with E-state index in [-0.39, 0.29) is 5.02 Å². The number of hydrogen-bond acceptors (Lipinski definition) is 2. The summed E-state index contributed by atoms with van der Waals surface area (Å²) < 4.78 is 13.3. The minimum absolute atomic E-state index is 0.220. The highest BCUT2D eigenvalue weighted by atomic mass is 35.5. The van der Waals surface area contributed by atoms with E-state index in [0.29, 0.717) is 16.1 Å². The van der Waals surface area contributed by atoms with E-state index >= 15 is 0 Å². The average molecular weight is 300 g/mol. The lowest BCUT2D eigenvalue weighted by Gasteiger charge is -2.20. The zero-order valence-electron chi connectivity index (χ0n) is 9.85. The normalized spacial score (nSPS) is 14.2. The number of rotatable bonds is 3. The van der Waals surface area contributed by atoms with E-state index < -0.39 is 18.0 Å². The van der Waals surface area contributed by atoms with Crippen LogP contribution in [0.25, 0.3) is 0 Å². The van der Waals surface area contributed by atoms with Gasteiger partial charge in [-0.2, -0.15) is 0 Å². The predicted molar refractivity (Wildman–Crippen MR) is 74.8 cm³/mol. The maximum absolute atomic E-state index is 13.3. The van der Waals surface area contributed by atoms with Crippen LogP contribution in [0.1, 0.15) is 23.3 Å². The monoisotopic (exact) mass is 299 g/mol. The fraction of sp³-hybridized carbons (Fsp3) is 0.143. The molecule has 0 aliphatic rings. The SMILES string of the molecule is N[C@H](c1ccc(Cl)cc1)[C@H](O)c1cc(F)cc(Cl)c1. The van der Waals surface area contributed by atoms with Gasteiger partial charge < -0.3 is 10.8 Å². The van der Waals surface area contributed by atoms with Crippen LogP contribution >= 0.6 is 23.2 Å². The van der Waals surface area contributed by atoms with Gasteiger partial charge in [0, 0.05) is 10.0 Å². The molecule has 0 radical (unpaired) electrons. The first-order valence-electron chi connectivity index (χ1n) is 5.62. The van der Waals surface area contributed by atoms with E-state index in [0.717, 1.165) is 0 Å². The van der Waals surface area contributed by atoms with E-state index in [1.807, 2.05) is 0 Å². The van der Waals surface area contributed by atoms with Crippen LogP contribution in [0.3, 0.4) is 0 Å². The molecule has 2 nitrogen and oxygen atoms in total. The number of benzene rings is 2. The molecule has 0 aliphatic carbocycles. The van der Waals surface area contributed by atoms with Crippen molar-refractivity contribution in [3.63, 3.8) is 0 Å². The van der Waals surface area contributed by atoms with Crippen LogP contribution in [-0.2, 0) is 0 Å². The van der Waals surface area contributed by atoms with Gasteiger partial charge in [-0.25, -0.2) is 4.39 Å². The highest BCUT2D eigenvalue weighted by Gasteiger charge is 2.19. The highest BCUT2D eigenvalue weighted by Crippen LogP contribution is 2.29. The Balaban J connectivity index is 2.27. The third-order valence-corrected chi connectivity index (χ3v) is 3.29. The molecule has 2 atom stereocenters. The van der Waals surface area contributed by atoms with Crippen LogP contribution in [-0.4, -0.2) is 5.11 Å². The van der Waals surface area contributed by atoms with Gasteiger partial charge in [-0.15, -0.1) is 0 Å². The lowest BCUT2D eigenvalue weighted by atomic mass is 9.96. The number of nitrogens with two attached hydrogens (primary N) is 1. The molecule has 0 aromatic heterocycles. The molecule has 0 saturated heterocycles. The molecule has 2 aromatic rings. The first-order chi connectivity index (χ1) is 8.97. The second kappa shape index (κ2) is 5.88. The third-order valence-electron chi connectivity index (χ3n) is 2.82. The molecular formula is C14H12Cl2FNO. The molecule has 5 heteroatoms. The summed E-state index contributed by atoms with van der Waals surface area (Å²) in [5.41, 5.74) is 7.01. The molecule has 0 amide bonds. The van der Waals surface area contributed by atoms with E-state index in [2.05, 4.69) is 0 Å². The number of hydrogen-bond donors (Lipinski definition) is 2. The molecule has 0 bridgehead atoms. The summed E-state index contributed by atoms with van der Waals surface area (Å²) in [6, 6.07) is 10.00. The lowest BCUT2D eigenvalue weighted by molar-refractivity contribution is 0.146.